The summed E-state index contributed by atoms with van der Waals surface area (Å²) >= 11 is 0. The van der Waals surface area contributed by atoms with E-state index in [9.17, 15) is 9.18 Å². The van der Waals surface area contributed by atoms with Gasteiger partial charge >= 0.3 is 0 Å². The van der Waals surface area contributed by atoms with Gasteiger partial charge < -0.3 is 25.4 Å². The summed E-state index contributed by atoms with van der Waals surface area (Å²) in [6, 6.07) is 7.42. The van der Waals surface area contributed by atoms with Crippen LogP contribution in [0.3, 0.4) is 0 Å². The van der Waals surface area contributed by atoms with Crippen molar-refractivity contribution in [3.63, 3.8) is 0 Å². The molecule has 10 heteroatoms. The van der Waals surface area contributed by atoms with Crippen molar-refractivity contribution in [3.8, 4) is 11.5 Å². The van der Waals surface area contributed by atoms with Crippen LogP contribution >= 0.6 is 0 Å². The molecule has 2 aromatic heterocycles. The monoisotopic (exact) mass is 426 g/mol. The summed E-state index contributed by atoms with van der Waals surface area (Å²) in [6.07, 6.45) is -0.268. The maximum atomic E-state index is 13.2. The Labute approximate surface area is 177 Å². The fraction of sp³-hybridized carbons (Fsp3) is 0.381. The molecule has 9 nitrogen and oxygen atoms in total. The maximum Gasteiger partial charge on any atom is 0.224 e. The number of anilines is 4. The minimum absolute atomic E-state index is 0.155. The van der Waals surface area contributed by atoms with Crippen molar-refractivity contribution in [2.24, 2.45) is 5.92 Å². The molecule has 1 aliphatic carbocycles. The van der Waals surface area contributed by atoms with Crippen LogP contribution in [-0.2, 0) is 4.79 Å². The van der Waals surface area contributed by atoms with Crippen LogP contribution in [-0.4, -0.2) is 46.9 Å². The van der Waals surface area contributed by atoms with Gasteiger partial charge in [0.1, 0.15) is 36.7 Å². The van der Waals surface area contributed by atoms with E-state index in [-0.39, 0.29) is 18.2 Å². The highest BCUT2D eigenvalue weighted by Crippen LogP contribution is 2.39. The van der Waals surface area contributed by atoms with E-state index in [1.807, 2.05) is 24.3 Å². The molecule has 0 radical (unpaired) electrons. The van der Waals surface area contributed by atoms with Gasteiger partial charge in [0.15, 0.2) is 17.1 Å². The van der Waals surface area contributed by atoms with Crippen molar-refractivity contribution < 1.29 is 18.7 Å². The number of alkyl halides is 1. The summed E-state index contributed by atoms with van der Waals surface area (Å²) in [7, 11) is 1.78. The topological polar surface area (TPSA) is 102 Å². The molecular formula is C21H23FN6O3. The lowest BCUT2D eigenvalue weighted by molar-refractivity contribution is -0.116. The first-order valence-electron chi connectivity index (χ1n) is 10.2. The first-order valence-corrected chi connectivity index (χ1v) is 10.2. The van der Waals surface area contributed by atoms with Gasteiger partial charge in [-0.1, -0.05) is 6.07 Å². The lowest BCUT2D eigenvalue weighted by Crippen LogP contribution is -2.16. The molecule has 3 N–H and O–H groups in total. The molecule has 1 fully saturated rings. The number of nitrogens with zero attached hydrogens (tertiary/aromatic N) is 3. The van der Waals surface area contributed by atoms with Gasteiger partial charge in [0.25, 0.3) is 0 Å². The Morgan fingerprint density at radius 3 is 2.90 bits per heavy atom. The SMILES string of the molecule is CNc1cc(Nc2cccc3c2OCCO3)nc2c(NC(=O)C[C@@H]3C[C@@H]3F)c(C)nn12. The predicted molar refractivity (Wildman–Crippen MR) is 114 cm³/mol. The second-order valence-corrected chi connectivity index (χ2v) is 7.69. The fourth-order valence-electron chi connectivity index (χ4n) is 3.67. The third-order valence-corrected chi connectivity index (χ3v) is 5.40. The summed E-state index contributed by atoms with van der Waals surface area (Å²) in [5, 5.41) is 13.7. The first kappa shape index (κ1) is 19.4. The van der Waals surface area contributed by atoms with Crippen LogP contribution in [0.25, 0.3) is 5.65 Å². The van der Waals surface area contributed by atoms with Crippen molar-refractivity contribution in [3.05, 3.63) is 30.0 Å². The molecule has 3 aromatic rings. The smallest absolute Gasteiger partial charge is 0.224 e. The van der Waals surface area contributed by atoms with Crippen LogP contribution < -0.4 is 25.4 Å². The van der Waals surface area contributed by atoms with Crippen LogP contribution in [0.2, 0.25) is 0 Å². The number of carbonyl (C=O) groups is 1. The zero-order chi connectivity index (χ0) is 21.5. The van der Waals surface area contributed by atoms with Crippen LogP contribution in [0.15, 0.2) is 24.3 Å². The van der Waals surface area contributed by atoms with Gasteiger partial charge in [0.2, 0.25) is 5.91 Å². The van der Waals surface area contributed by atoms with Crippen LogP contribution in [0.5, 0.6) is 11.5 Å². The molecule has 162 valence electrons. The highest BCUT2D eigenvalue weighted by molar-refractivity contribution is 5.96. The van der Waals surface area contributed by atoms with Gasteiger partial charge in [-0.15, -0.1) is 0 Å². The molecule has 5 rings (SSSR count). The number of carbonyl (C=O) groups excluding carboxylic acids is 1. The number of rotatable bonds is 6. The predicted octanol–water partition coefficient (Wildman–Crippen LogP) is 3.28. The minimum atomic E-state index is -0.872. The molecule has 2 atom stereocenters. The molecule has 1 saturated carbocycles. The summed E-state index contributed by atoms with van der Waals surface area (Å²) < 4.78 is 26.2. The Morgan fingerprint density at radius 2 is 2.13 bits per heavy atom. The quantitative estimate of drug-likeness (QED) is 0.556. The number of nitrogens with one attached hydrogen (secondary N) is 3. The van der Waals surface area contributed by atoms with E-state index in [4.69, 9.17) is 9.47 Å². The van der Waals surface area contributed by atoms with E-state index in [1.54, 1.807) is 18.5 Å². The molecule has 1 aromatic carbocycles. The molecular weight excluding hydrogens is 403 g/mol. The molecule has 0 spiro atoms. The molecule has 0 saturated heterocycles. The maximum absolute atomic E-state index is 13.2. The van der Waals surface area contributed by atoms with Crippen LogP contribution in [0, 0.1) is 12.8 Å². The number of amides is 1. The fourth-order valence-corrected chi connectivity index (χ4v) is 3.67. The summed E-state index contributed by atoms with van der Waals surface area (Å²) in [5.41, 5.74) is 2.34. The number of ether oxygens (including phenoxy) is 2. The second-order valence-electron chi connectivity index (χ2n) is 7.69. The van der Waals surface area contributed by atoms with Crippen LogP contribution in [0.4, 0.5) is 27.4 Å². The average molecular weight is 426 g/mol. The van der Waals surface area contributed by atoms with Gasteiger partial charge in [-0.05, 0) is 25.5 Å². The van der Waals surface area contributed by atoms with E-state index in [1.165, 1.54) is 0 Å². The second kappa shape index (κ2) is 7.60. The summed E-state index contributed by atoms with van der Waals surface area (Å²) in [5.74, 6) is 2.10. The average Bonchev–Trinajstić information content (AvgIpc) is 3.37. The Hall–Kier alpha value is -3.56. The number of aryl methyl sites for hydroxylation is 1. The number of benzene rings is 1. The Kier molecular flexibility index (Phi) is 4.76. The van der Waals surface area contributed by atoms with E-state index >= 15 is 0 Å². The normalized spacial score (nSPS) is 19.2. The summed E-state index contributed by atoms with van der Waals surface area (Å²) in [4.78, 5) is 17.1. The first-order chi connectivity index (χ1) is 15.0. The standard InChI is InChI=1S/C21H23FN6O3/c1-11-19(26-18(29)9-12-8-13(12)22)21-25-16(10-17(23-2)28(21)27-11)24-14-4-3-5-15-20(14)31-7-6-30-15/h3-5,10,12-13,23H,6-9H2,1-2H3,(H,24,25)(H,26,29)/t12-,13-/m0/s1. The van der Waals surface area contributed by atoms with Gasteiger partial charge in [0.05, 0.1) is 11.4 Å². The number of halogens is 1. The Morgan fingerprint density at radius 1 is 1.32 bits per heavy atom. The number of hydrogen-bond acceptors (Lipinski definition) is 7. The highest BCUT2D eigenvalue weighted by atomic mass is 19.1. The highest BCUT2D eigenvalue weighted by Gasteiger charge is 2.39. The van der Waals surface area contributed by atoms with Gasteiger partial charge in [-0.25, -0.2) is 9.37 Å². The molecule has 31 heavy (non-hydrogen) atoms. The van der Waals surface area contributed by atoms with Crippen molar-refractivity contribution in [1.82, 2.24) is 14.6 Å². The van der Waals surface area contributed by atoms with E-state index in [2.05, 4.69) is 26.0 Å². The van der Waals surface area contributed by atoms with E-state index < -0.39 is 6.17 Å². The zero-order valence-electron chi connectivity index (χ0n) is 17.2. The van der Waals surface area contributed by atoms with E-state index in [0.29, 0.717) is 59.8 Å². The third-order valence-electron chi connectivity index (χ3n) is 5.40. The number of para-hydroxylation sites is 1. The third kappa shape index (κ3) is 3.69. The Balaban J connectivity index is 1.49. The van der Waals surface area contributed by atoms with E-state index in [0.717, 1.165) is 5.69 Å². The van der Waals surface area contributed by atoms with Crippen molar-refractivity contribution >= 4 is 34.6 Å². The van der Waals surface area contributed by atoms with Crippen molar-refractivity contribution in [2.45, 2.75) is 25.9 Å². The molecule has 3 heterocycles. The van der Waals surface area contributed by atoms with Gasteiger partial charge in [0, 0.05) is 25.5 Å². The molecule has 0 unspecified atom stereocenters. The Bertz CT molecular complexity index is 1160. The zero-order valence-corrected chi connectivity index (χ0v) is 17.2. The molecule has 1 amide bonds. The molecule has 2 aliphatic rings. The van der Waals surface area contributed by atoms with Crippen molar-refractivity contribution in [2.75, 3.05) is 36.2 Å². The lowest BCUT2D eigenvalue weighted by Gasteiger charge is -2.21. The summed E-state index contributed by atoms with van der Waals surface area (Å²) in [6.45, 7) is 2.77. The largest absolute Gasteiger partial charge is 0.486 e. The number of fused-ring (bicyclic) bond motifs is 2. The van der Waals surface area contributed by atoms with Gasteiger partial charge in [-0.3, -0.25) is 4.79 Å². The number of hydrogen-bond donors (Lipinski definition) is 3. The van der Waals surface area contributed by atoms with Gasteiger partial charge in [-0.2, -0.15) is 9.61 Å². The van der Waals surface area contributed by atoms with Crippen molar-refractivity contribution in [1.29, 1.82) is 0 Å². The molecule has 1 aliphatic heterocycles. The lowest BCUT2D eigenvalue weighted by atomic mass is 10.2. The number of aromatic nitrogens is 3. The molecule has 0 bridgehead atoms. The van der Waals surface area contributed by atoms with Crippen LogP contribution in [0.1, 0.15) is 18.5 Å². The minimum Gasteiger partial charge on any atom is -0.486 e.